The van der Waals surface area contributed by atoms with Crippen LogP contribution in [0.2, 0.25) is 0 Å². The summed E-state index contributed by atoms with van der Waals surface area (Å²) in [6.07, 6.45) is 0.808. The number of hydrogen-bond acceptors (Lipinski definition) is 4. The highest BCUT2D eigenvalue weighted by Crippen LogP contribution is 2.19. The topological polar surface area (TPSA) is 72.2 Å². The molecule has 1 heterocycles. The Morgan fingerprint density at radius 1 is 1.37 bits per heavy atom. The van der Waals surface area contributed by atoms with Crippen molar-refractivity contribution in [1.29, 1.82) is 0 Å². The van der Waals surface area contributed by atoms with Gasteiger partial charge in [-0.25, -0.2) is 18.1 Å². The van der Waals surface area contributed by atoms with Crippen molar-refractivity contribution in [2.45, 2.75) is 32.1 Å². The van der Waals surface area contributed by atoms with Crippen LogP contribution in [0.5, 0.6) is 0 Å². The molecule has 0 saturated carbocycles. The highest BCUT2D eigenvalue weighted by Gasteiger charge is 2.15. The van der Waals surface area contributed by atoms with Gasteiger partial charge < -0.3 is 4.42 Å². The second-order valence-corrected chi connectivity index (χ2v) is 6.71. The van der Waals surface area contributed by atoms with Crippen LogP contribution in [0, 0.1) is 12.8 Å². The molecule has 2 rings (SSSR count). The lowest BCUT2D eigenvalue weighted by molar-refractivity contribution is 0.549. The maximum atomic E-state index is 12.1. The summed E-state index contributed by atoms with van der Waals surface area (Å²) >= 11 is 0. The Bertz CT molecular complexity index is 674. The molecule has 0 radical (unpaired) electrons. The number of hydrogen-bond donors (Lipinski definition) is 1. The van der Waals surface area contributed by atoms with Crippen LogP contribution in [0.15, 0.2) is 27.5 Å². The van der Waals surface area contributed by atoms with Crippen LogP contribution < -0.4 is 4.72 Å². The number of sulfonamides is 1. The van der Waals surface area contributed by atoms with E-state index in [2.05, 4.69) is 23.6 Å². The van der Waals surface area contributed by atoms with Gasteiger partial charge in [-0.1, -0.05) is 13.8 Å². The van der Waals surface area contributed by atoms with Gasteiger partial charge in [-0.15, -0.1) is 0 Å². The minimum Gasteiger partial charge on any atom is -0.441 e. The Morgan fingerprint density at radius 3 is 2.79 bits per heavy atom. The number of nitrogens with zero attached hydrogens (tertiary/aromatic N) is 1. The summed E-state index contributed by atoms with van der Waals surface area (Å²) in [6, 6.07) is 4.71. The molecule has 0 aliphatic heterocycles. The van der Waals surface area contributed by atoms with E-state index in [0.29, 0.717) is 29.5 Å². The van der Waals surface area contributed by atoms with Crippen LogP contribution in [0.4, 0.5) is 0 Å². The molecule has 1 N–H and O–H groups in total. The first-order chi connectivity index (χ1) is 8.88. The molecule has 0 fully saturated rings. The molecule has 1 aromatic carbocycles. The lowest BCUT2D eigenvalue weighted by Crippen LogP contribution is -2.25. The molecule has 2 aromatic rings. The minimum atomic E-state index is -3.48. The second-order valence-electron chi connectivity index (χ2n) is 4.94. The molecule has 0 atom stereocenters. The predicted octanol–water partition coefficient (Wildman–Crippen LogP) is 2.46. The first-order valence-corrected chi connectivity index (χ1v) is 7.73. The Labute approximate surface area is 113 Å². The maximum Gasteiger partial charge on any atom is 0.240 e. The van der Waals surface area contributed by atoms with Gasteiger partial charge in [0.2, 0.25) is 10.0 Å². The van der Waals surface area contributed by atoms with E-state index in [0.717, 1.165) is 6.42 Å². The third kappa shape index (κ3) is 3.33. The van der Waals surface area contributed by atoms with Crippen LogP contribution in [0.1, 0.15) is 26.2 Å². The van der Waals surface area contributed by atoms with Crippen LogP contribution in [0.3, 0.4) is 0 Å². The molecule has 0 bridgehead atoms. The van der Waals surface area contributed by atoms with E-state index in [-0.39, 0.29) is 4.90 Å². The van der Waals surface area contributed by atoms with Crippen LogP contribution in [0.25, 0.3) is 11.1 Å². The smallest absolute Gasteiger partial charge is 0.240 e. The molecule has 0 amide bonds. The van der Waals surface area contributed by atoms with Gasteiger partial charge in [0.15, 0.2) is 11.5 Å². The fourth-order valence-corrected chi connectivity index (χ4v) is 2.82. The molecule has 0 saturated heterocycles. The van der Waals surface area contributed by atoms with Crippen molar-refractivity contribution in [3.8, 4) is 0 Å². The molecular formula is C13H18N2O3S. The lowest BCUT2D eigenvalue weighted by Gasteiger charge is -2.08. The first kappa shape index (κ1) is 14.0. The Hall–Kier alpha value is -1.40. The van der Waals surface area contributed by atoms with Crippen molar-refractivity contribution in [1.82, 2.24) is 9.71 Å². The largest absolute Gasteiger partial charge is 0.441 e. The maximum absolute atomic E-state index is 12.1. The summed E-state index contributed by atoms with van der Waals surface area (Å²) in [5.41, 5.74) is 1.16. The number of aryl methyl sites for hydroxylation is 1. The van der Waals surface area contributed by atoms with E-state index in [1.54, 1.807) is 19.1 Å². The SMILES string of the molecule is Cc1nc2ccc(S(=O)(=O)NCCC(C)C)cc2o1. The zero-order chi connectivity index (χ0) is 14.0. The molecule has 0 unspecified atom stereocenters. The molecule has 1 aromatic heterocycles. The Morgan fingerprint density at radius 2 is 2.11 bits per heavy atom. The van der Waals surface area contributed by atoms with Crippen LogP contribution in [-0.2, 0) is 10.0 Å². The third-order valence-electron chi connectivity index (χ3n) is 2.79. The number of fused-ring (bicyclic) bond motifs is 1. The fraction of sp³-hybridized carbons (Fsp3) is 0.462. The number of rotatable bonds is 5. The Balaban J connectivity index is 2.22. The minimum absolute atomic E-state index is 0.208. The van der Waals surface area contributed by atoms with Crippen molar-refractivity contribution < 1.29 is 12.8 Å². The number of benzene rings is 1. The van der Waals surface area contributed by atoms with Gasteiger partial charge in [0.1, 0.15) is 5.52 Å². The van der Waals surface area contributed by atoms with Crippen LogP contribution >= 0.6 is 0 Å². The average molecular weight is 282 g/mol. The molecule has 6 heteroatoms. The van der Waals surface area contributed by atoms with Gasteiger partial charge in [0, 0.05) is 19.5 Å². The summed E-state index contributed by atoms with van der Waals surface area (Å²) in [6.45, 7) is 6.28. The van der Waals surface area contributed by atoms with Crippen molar-refractivity contribution in [3.63, 3.8) is 0 Å². The van der Waals surface area contributed by atoms with E-state index in [4.69, 9.17) is 4.42 Å². The van der Waals surface area contributed by atoms with Crippen molar-refractivity contribution in [2.75, 3.05) is 6.54 Å². The summed E-state index contributed by atoms with van der Waals surface area (Å²) in [5.74, 6) is 0.986. The lowest BCUT2D eigenvalue weighted by atomic mass is 10.1. The summed E-state index contributed by atoms with van der Waals surface area (Å²) in [5, 5.41) is 0. The standard InChI is InChI=1S/C13H18N2O3S/c1-9(2)6-7-14-19(16,17)11-4-5-12-13(8-11)18-10(3)15-12/h4-5,8-9,14H,6-7H2,1-3H3. The van der Waals surface area contributed by atoms with Gasteiger partial charge in [-0.2, -0.15) is 0 Å². The summed E-state index contributed by atoms with van der Waals surface area (Å²) in [7, 11) is -3.48. The zero-order valence-electron chi connectivity index (χ0n) is 11.3. The molecule has 0 aliphatic rings. The van der Waals surface area contributed by atoms with Gasteiger partial charge >= 0.3 is 0 Å². The van der Waals surface area contributed by atoms with Crippen molar-refractivity contribution in [3.05, 3.63) is 24.1 Å². The summed E-state index contributed by atoms with van der Waals surface area (Å²) < 4.78 is 32.1. The van der Waals surface area contributed by atoms with E-state index in [1.807, 2.05) is 0 Å². The third-order valence-corrected chi connectivity index (χ3v) is 4.25. The van der Waals surface area contributed by atoms with Gasteiger partial charge in [-0.05, 0) is 24.5 Å². The van der Waals surface area contributed by atoms with Gasteiger partial charge in [0.05, 0.1) is 4.90 Å². The quantitative estimate of drug-likeness (QED) is 0.914. The second kappa shape index (κ2) is 5.30. The van der Waals surface area contributed by atoms with Crippen LogP contribution in [-0.4, -0.2) is 19.9 Å². The molecule has 5 nitrogen and oxygen atoms in total. The highest BCUT2D eigenvalue weighted by molar-refractivity contribution is 7.89. The van der Waals surface area contributed by atoms with Crippen molar-refractivity contribution >= 4 is 21.1 Å². The number of nitrogens with one attached hydrogen (secondary N) is 1. The molecule has 19 heavy (non-hydrogen) atoms. The number of oxazole rings is 1. The molecule has 0 spiro atoms. The average Bonchev–Trinajstić information content (AvgIpc) is 2.67. The fourth-order valence-electron chi connectivity index (χ4n) is 1.75. The van der Waals surface area contributed by atoms with Gasteiger partial charge in [-0.3, -0.25) is 0 Å². The van der Waals surface area contributed by atoms with E-state index < -0.39 is 10.0 Å². The number of aromatic nitrogens is 1. The van der Waals surface area contributed by atoms with E-state index in [9.17, 15) is 8.42 Å². The molecular weight excluding hydrogens is 264 g/mol. The van der Waals surface area contributed by atoms with E-state index >= 15 is 0 Å². The zero-order valence-corrected chi connectivity index (χ0v) is 12.1. The van der Waals surface area contributed by atoms with E-state index in [1.165, 1.54) is 6.07 Å². The monoisotopic (exact) mass is 282 g/mol. The predicted molar refractivity (Wildman–Crippen MR) is 73.4 cm³/mol. The normalized spacial score (nSPS) is 12.4. The molecule has 0 aliphatic carbocycles. The Kier molecular flexibility index (Phi) is 3.91. The van der Waals surface area contributed by atoms with Gasteiger partial charge in [0.25, 0.3) is 0 Å². The van der Waals surface area contributed by atoms with Crippen molar-refractivity contribution in [2.24, 2.45) is 5.92 Å². The first-order valence-electron chi connectivity index (χ1n) is 6.25. The summed E-state index contributed by atoms with van der Waals surface area (Å²) in [4.78, 5) is 4.35. The molecule has 104 valence electrons. The highest BCUT2D eigenvalue weighted by atomic mass is 32.2.